The lowest BCUT2D eigenvalue weighted by Crippen LogP contribution is -2.44. The highest BCUT2D eigenvalue weighted by atomic mass is 16.5. The van der Waals surface area contributed by atoms with Crippen molar-refractivity contribution >= 4 is 28.8 Å². The van der Waals surface area contributed by atoms with E-state index >= 15 is 0 Å². The van der Waals surface area contributed by atoms with Crippen LogP contribution in [0.4, 0.5) is 0 Å². The Morgan fingerprint density at radius 1 is 1.17 bits per heavy atom. The van der Waals surface area contributed by atoms with Crippen LogP contribution in [0.2, 0.25) is 0 Å². The summed E-state index contributed by atoms with van der Waals surface area (Å²) in [6, 6.07) is 4.95. The molecule has 0 spiro atoms. The molecule has 1 fully saturated rings. The van der Waals surface area contributed by atoms with Gasteiger partial charge in [-0.25, -0.2) is 4.79 Å². The summed E-state index contributed by atoms with van der Waals surface area (Å²) in [6.45, 7) is 11.2. The van der Waals surface area contributed by atoms with Crippen LogP contribution in [0.15, 0.2) is 23.0 Å². The number of imide groups is 1. The van der Waals surface area contributed by atoms with E-state index in [0.717, 1.165) is 37.0 Å². The van der Waals surface area contributed by atoms with Gasteiger partial charge in [0.25, 0.3) is 0 Å². The fourth-order valence-corrected chi connectivity index (χ4v) is 3.79. The van der Waals surface area contributed by atoms with Gasteiger partial charge in [-0.2, -0.15) is 0 Å². The smallest absolute Gasteiger partial charge is 0.329 e. The number of benzene rings is 1. The Morgan fingerprint density at radius 3 is 2.47 bits per heavy atom. The van der Waals surface area contributed by atoms with Gasteiger partial charge in [0, 0.05) is 20.1 Å². The highest BCUT2D eigenvalue weighted by Gasteiger charge is 2.31. The molecule has 1 atom stereocenters. The van der Waals surface area contributed by atoms with Crippen LogP contribution in [0.25, 0.3) is 11.0 Å². The van der Waals surface area contributed by atoms with Gasteiger partial charge in [0.15, 0.2) is 0 Å². The normalized spacial score (nSPS) is 15.0. The number of hydrogen-bond donors (Lipinski definition) is 3. The van der Waals surface area contributed by atoms with Gasteiger partial charge in [0.05, 0.1) is 24.1 Å². The summed E-state index contributed by atoms with van der Waals surface area (Å²) in [5.41, 5.74) is 2.10. The Balaban J connectivity index is 0.000000710. The van der Waals surface area contributed by atoms with Crippen molar-refractivity contribution in [2.45, 2.75) is 72.3 Å². The molecule has 0 bridgehead atoms. The van der Waals surface area contributed by atoms with Crippen molar-refractivity contribution in [3.05, 3.63) is 34.2 Å². The largest absolute Gasteiger partial charge is 0.481 e. The monoisotopic (exact) mass is 506 g/mol. The fraction of sp³-hybridized carbons (Fsp3) is 0.615. The topological polar surface area (TPSA) is 132 Å². The Labute approximate surface area is 213 Å². The van der Waals surface area contributed by atoms with Gasteiger partial charge in [-0.1, -0.05) is 33.8 Å². The molecular formula is C26H42N4O6. The van der Waals surface area contributed by atoms with Gasteiger partial charge in [-0.05, 0) is 56.5 Å². The molecular weight excluding hydrogens is 464 g/mol. The summed E-state index contributed by atoms with van der Waals surface area (Å²) in [5, 5.41) is 14.1. The van der Waals surface area contributed by atoms with E-state index in [9.17, 15) is 19.2 Å². The summed E-state index contributed by atoms with van der Waals surface area (Å²) in [6.07, 6.45) is 3.20. The molecule has 0 aliphatic carbocycles. The quantitative estimate of drug-likeness (QED) is 0.315. The third-order valence-electron chi connectivity index (χ3n) is 5.57. The number of rotatable bonds is 11. The number of carbonyl (C=O) groups is 3. The Kier molecular flexibility index (Phi) is 14.4. The first-order valence-electron chi connectivity index (χ1n) is 12.8. The van der Waals surface area contributed by atoms with Crippen molar-refractivity contribution in [2.75, 3.05) is 26.3 Å². The van der Waals surface area contributed by atoms with Gasteiger partial charge >= 0.3 is 11.7 Å². The summed E-state index contributed by atoms with van der Waals surface area (Å²) >= 11 is 0. The van der Waals surface area contributed by atoms with Crippen LogP contribution >= 0.6 is 0 Å². The van der Waals surface area contributed by atoms with E-state index in [0.29, 0.717) is 18.5 Å². The minimum absolute atomic E-state index is 0.0120. The van der Waals surface area contributed by atoms with Crippen molar-refractivity contribution in [1.82, 2.24) is 19.8 Å². The lowest BCUT2D eigenvalue weighted by atomic mass is 10.1. The number of nitrogens with zero attached hydrogens (tertiary/aromatic N) is 2. The molecule has 2 aromatic rings. The number of imidazole rings is 1. The maximum atomic E-state index is 12.7. The molecule has 1 saturated heterocycles. The average Bonchev–Trinajstić information content (AvgIpc) is 3.11. The lowest BCUT2D eigenvalue weighted by molar-refractivity contribution is -0.138. The number of aliphatic carboxylic acids is 1. The average molecular weight is 507 g/mol. The number of carboxylic acid groups (broad SMARTS) is 1. The molecule has 1 aliphatic rings. The number of hydrogen-bond acceptors (Lipinski definition) is 6. The molecule has 1 aromatic carbocycles. The van der Waals surface area contributed by atoms with E-state index in [1.165, 1.54) is 15.6 Å². The number of piperidine rings is 1. The third-order valence-corrected chi connectivity index (χ3v) is 5.57. The SMILES string of the molecule is CC.CCCNCC.Cn1c(=O)n(C2CCC(=O)NC2=O)c2ccc(CCCOCCC(=O)O)cc21. The number of amides is 2. The van der Waals surface area contributed by atoms with Crippen LogP contribution in [-0.4, -0.2) is 58.3 Å². The second-order valence-electron chi connectivity index (χ2n) is 8.21. The first-order valence-corrected chi connectivity index (χ1v) is 12.8. The first kappa shape index (κ1) is 31.1. The number of carbonyl (C=O) groups excluding carboxylic acids is 2. The highest BCUT2D eigenvalue weighted by molar-refractivity contribution is 6.00. The predicted molar refractivity (Wildman–Crippen MR) is 140 cm³/mol. The Morgan fingerprint density at radius 2 is 1.89 bits per heavy atom. The summed E-state index contributed by atoms with van der Waals surface area (Å²) in [4.78, 5) is 46.7. The van der Waals surface area contributed by atoms with E-state index in [1.54, 1.807) is 7.05 Å². The molecule has 202 valence electrons. The number of carboxylic acids is 1. The number of nitrogens with one attached hydrogen (secondary N) is 2. The minimum atomic E-state index is -0.883. The van der Waals surface area contributed by atoms with E-state index in [2.05, 4.69) is 24.5 Å². The van der Waals surface area contributed by atoms with Crippen LogP contribution in [-0.2, 0) is 32.6 Å². The molecule has 2 amide bonds. The molecule has 0 radical (unpaired) electrons. The van der Waals surface area contributed by atoms with Crippen LogP contribution in [0.1, 0.15) is 71.4 Å². The van der Waals surface area contributed by atoms with Crippen molar-refractivity contribution in [1.29, 1.82) is 0 Å². The molecule has 2 heterocycles. The van der Waals surface area contributed by atoms with E-state index < -0.39 is 17.9 Å². The van der Waals surface area contributed by atoms with E-state index in [-0.39, 0.29) is 31.0 Å². The molecule has 10 heteroatoms. The van der Waals surface area contributed by atoms with Crippen molar-refractivity contribution in [2.24, 2.45) is 7.05 Å². The number of fused-ring (bicyclic) bond motifs is 1. The molecule has 3 N–H and O–H groups in total. The van der Waals surface area contributed by atoms with Crippen LogP contribution in [0.3, 0.4) is 0 Å². The molecule has 10 nitrogen and oxygen atoms in total. The highest BCUT2D eigenvalue weighted by Crippen LogP contribution is 2.24. The van der Waals surface area contributed by atoms with Crippen LogP contribution in [0, 0.1) is 0 Å². The fourth-order valence-electron chi connectivity index (χ4n) is 3.79. The van der Waals surface area contributed by atoms with Gasteiger partial charge < -0.3 is 15.2 Å². The molecule has 0 saturated carbocycles. The van der Waals surface area contributed by atoms with Gasteiger partial charge in [0.1, 0.15) is 6.04 Å². The summed E-state index contributed by atoms with van der Waals surface area (Å²) in [7, 11) is 1.66. The molecule has 36 heavy (non-hydrogen) atoms. The third kappa shape index (κ3) is 9.23. The van der Waals surface area contributed by atoms with Gasteiger partial charge in [-0.15, -0.1) is 0 Å². The van der Waals surface area contributed by atoms with Crippen molar-refractivity contribution < 1.29 is 24.2 Å². The zero-order valence-electron chi connectivity index (χ0n) is 22.3. The second-order valence-corrected chi connectivity index (χ2v) is 8.21. The van der Waals surface area contributed by atoms with Crippen molar-refractivity contribution in [3.8, 4) is 0 Å². The van der Waals surface area contributed by atoms with Crippen LogP contribution in [0.5, 0.6) is 0 Å². The zero-order chi connectivity index (χ0) is 27.1. The van der Waals surface area contributed by atoms with Gasteiger partial charge in [0.2, 0.25) is 11.8 Å². The Hall–Kier alpha value is -2.98. The van der Waals surface area contributed by atoms with E-state index in [1.807, 2.05) is 32.0 Å². The number of aryl methyl sites for hydroxylation is 2. The zero-order valence-corrected chi connectivity index (χ0v) is 22.3. The minimum Gasteiger partial charge on any atom is -0.481 e. The summed E-state index contributed by atoms with van der Waals surface area (Å²) < 4.78 is 8.25. The van der Waals surface area contributed by atoms with Gasteiger partial charge in [-0.3, -0.25) is 28.8 Å². The molecule has 1 aliphatic heterocycles. The lowest BCUT2D eigenvalue weighted by Gasteiger charge is -2.21. The Bertz CT molecular complexity index is 1040. The molecule has 1 aromatic heterocycles. The predicted octanol–water partition coefficient (Wildman–Crippen LogP) is 2.77. The number of ether oxygens (including phenoxy) is 1. The standard InChI is InChI=1S/C19H23N3O6.C5H13N.C2H6/c1-21-15-11-12(3-2-9-28-10-8-17(24)25)4-5-13(15)22(19(21)27)14-6-7-16(23)20-18(14)26;1-3-5-6-4-2;1-2/h4-5,11,14H,2-3,6-10H2,1H3,(H,24,25)(H,20,23,26);6H,3-5H2,1-2H3;1-2H3. The van der Waals surface area contributed by atoms with E-state index in [4.69, 9.17) is 9.84 Å². The summed E-state index contributed by atoms with van der Waals surface area (Å²) in [5.74, 6) is -1.65. The maximum Gasteiger partial charge on any atom is 0.329 e. The number of aromatic nitrogens is 2. The maximum absolute atomic E-state index is 12.7. The molecule has 3 rings (SSSR count). The van der Waals surface area contributed by atoms with Crippen molar-refractivity contribution in [3.63, 3.8) is 0 Å². The molecule has 1 unspecified atom stereocenters. The van der Waals surface area contributed by atoms with Crippen LogP contribution < -0.4 is 16.3 Å². The second kappa shape index (κ2) is 16.6. The first-order chi connectivity index (χ1) is 17.3.